The summed E-state index contributed by atoms with van der Waals surface area (Å²) in [5.74, 6) is 0.225. The van der Waals surface area contributed by atoms with Gasteiger partial charge in [0.05, 0.1) is 5.56 Å². The zero-order valence-corrected chi connectivity index (χ0v) is 13.4. The Balaban J connectivity index is 2.16. The summed E-state index contributed by atoms with van der Waals surface area (Å²) in [6.07, 6.45) is 3.69. The normalized spacial score (nSPS) is 10.9. The minimum Gasteiger partial charge on any atom is -0.508 e. The number of hydrogen-bond donors (Lipinski definition) is 1. The molecule has 1 heterocycles. The van der Waals surface area contributed by atoms with Gasteiger partial charge in [0.2, 0.25) is 0 Å². The van der Waals surface area contributed by atoms with Gasteiger partial charge in [-0.25, -0.2) is 0 Å². The molecular formula is C17H23N3O2. The number of amides is 1. The molecule has 0 saturated heterocycles. The summed E-state index contributed by atoms with van der Waals surface area (Å²) in [6, 6.07) is 8.86. The first kappa shape index (κ1) is 16.1. The number of hydrogen-bond acceptors (Lipinski definition) is 3. The zero-order valence-electron chi connectivity index (χ0n) is 13.4. The average Bonchev–Trinajstić information content (AvgIpc) is 2.89. The molecule has 22 heavy (non-hydrogen) atoms. The molecule has 0 aliphatic carbocycles. The summed E-state index contributed by atoms with van der Waals surface area (Å²) >= 11 is 0. The molecule has 1 amide bonds. The molecule has 0 bridgehead atoms. The number of benzene rings is 1. The summed E-state index contributed by atoms with van der Waals surface area (Å²) in [4.78, 5) is 16.6. The van der Waals surface area contributed by atoms with E-state index in [0.717, 1.165) is 12.1 Å². The molecule has 0 radical (unpaired) electrons. The van der Waals surface area contributed by atoms with Crippen LogP contribution in [0.3, 0.4) is 0 Å². The van der Waals surface area contributed by atoms with Crippen LogP contribution >= 0.6 is 0 Å². The van der Waals surface area contributed by atoms with Crippen molar-refractivity contribution in [3.8, 4) is 5.75 Å². The Morgan fingerprint density at radius 2 is 2.00 bits per heavy atom. The van der Waals surface area contributed by atoms with Gasteiger partial charge in [0.25, 0.3) is 5.91 Å². The molecule has 5 nitrogen and oxygen atoms in total. The zero-order chi connectivity index (χ0) is 16.1. The van der Waals surface area contributed by atoms with Crippen LogP contribution in [0, 0.1) is 0 Å². The van der Waals surface area contributed by atoms with E-state index >= 15 is 0 Å². The van der Waals surface area contributed by atoms with Gasteiger partial charge in [-0.1, -0.05) is 12.1 Å². The van der Waals surface area contributed by atoms with E-state index in [4.69, 9.17) is 0 Å². The van der Waals surface area contributed by atoms with Gasteiger partial charge in [0, 0.05) is 39.1 Å². The van der Waals surface area contributed by atoms with Crippen LogP contribution < -0.4 is 0 Å². The van der Waals surface area contributed by atoms with Gasteiger partial charge in [-0.3, -0.25) is 4.79 Å². The van der Waals surface area contributed by atoms with Crippen LogP contribution in [-0.4, -0.2) is 52.6 Å². The van der Waals surface area contributed by atoms with E-state index in [1.165, 1.54) is 0 Å². The standard InChI is InChI=1S/C17H23N3O2/c1-18(2)9-10-20(12-14-5-4-6-16(21)11-14)17(22)15-7-8-19(3)13-15/h4-8,11,13,21H,9-10,12H2,1-3H3. The molecule has 2 rings (SSSR count). The van der Waals surface area contributed by atoms with Crippen molar-refractivity contribution in [3.63, 3.8) is 0 Å². The molecule has 1 aromatic heterocycles. The molecule has 0 atom stereocenters. The molecule has 0 unspecified atom stereocenters. The van der Waals surface area contributed by atoms with Crippen molar-refractivity contribution in [1.82, 2.24) is 14.4 Å². The lowest BCUT2D eigenvalue weighted by molar-refractivity contribution is 0.0732. The summed E-state index contributed by atoms with van der Waals surface area (Å²) < 4.78 is 1.87. The number of carbonyl (C=O) groups is 1. The average molecular weight is 301 g/mol. The smallest absolute Gasteiger partial charge is 0.255 e. The highest BCUT2D eigenvalue weighted by Crippen LogP contribution is 2.15. The van der Waals surface area contributed by atoms with Gasteiger partial charge in [0.15, 0.2) is 0 Å². The number of phenols is 1. The number of likely N-dealkylation sites (N-methyl/N-ethyl adjacent to an activating group) is 1. The third-order valence-corrected chi connectivity index (χ3v) is 3.47. The van der Waals surface area contributed by atoms with Gasteiger partial charge in [0.1, 0.15) is 5.75 Å². The minimum atomic E-state index is 0.00536. The third-order valence-electron chi connectivity index (χ3n) is 3.47. The fraction of sp³-hybridized carbons (Fsp3) is 0.353. The summed E-state index contributed by atoms with van der Waals surface area (Å²) in [6.45, 7) is 1.91. The maximum atomic E-state index is 12.7. The number of aryl methyl sites for hydroxylation is 1. The summed E-state index contributed by atoms with van der Waals surface area (Å²) in [5.41, 5.74) is 1.60. The van der Waals surface area contributed by atoms with Crippen molar-refractivity contribution < 1.29 is 9.90 Å². The maximum absolute atomic E-state index is 12.7. The van der Waals surface area contributed by atoms with E-state index in [-0.39, 0.29) is 11.7 Å². The van der Waals surface area contributed by atoms with Gasteiger partial charge in [-0.15, -0.1) is 0 Å². The molecule has 0 saturated carbocycles. The summed E-state index contributed by atoms with van der Waals surface area (Å²) in [5, 5.41) is 9.59. The van der Waals surface area contributed by atoms with Crippen LogP contribution in [0.1, 0.15) is 15.9 Å². The predicted octanol–water partition coefficient (Wildman–Crippen LogP) is 1.93. The van der Waals surface area contributed by atoms with Crippen LogP contribution in [-0.2, 0) is 13.6 Å². The van der Waals surface area contributed by atoms with Crippen molar-refractivity contribution in [2.24, 2.45) is 7.05 Å². The Hall–Kier alpha value is -2.27. The van der Waals surface area contributed by atoms with Crippen LogP contribution in [0.4, 0.5) is 0 Å². The van der Waals surface area contributed by atoms with E-state index in [0.29, 0.717) is 18.7 Å². The molecule has 0 aliphatic rings. The highest BCUT2D eigenvalue weighted by Gasteiger charge is 2.17. The van der Waals surface area contributed by atoms with E-state index in [1.54, 1.807) is 18.2 Å². The SMILES string of the molecule is CN(C)CCN(Cc1cccc(O)c1)C(=O)c1ccn(C)c1. The van der Waals surface area contributed by atoms with E-state index in [1.807, 2.05) is 60.0 Å². The lowest BCUT2D eigenvalue weighted by Gasteiger charge is -2.24. The van der Waals surface area contributed by atoms with E-state index in [9.17, 15) is 9.90 Å². The number of nitrogens with zero attached hydrogens (tertiary/aromatic N) is 3. The Kier molecular flexibility index (Phi) is 5.22. The number of aromatic nitrogens is 1. The maximum Gasteiger partial charge on any atom is 0.255 e. The minimum absolute atomic E-state index is 0.00536. The van der Waals surface area contributed by atoms with Crippen LogP contribution in [0.15, 0.2) is 42.7 Å². The van der Waals surface area contributed by atoms with Crippen molar-refractivity contribution in [2.75, 3.05) is 27.2 Å². The second-order valence-corrected chi connectivity index (χ2v) is 5.77. The highest BCUT2D eigenvalue weighted by molar-refractivity contribution is 5.94. The van der Waals surface area contributed by atoms with E-state index < -0.39 is 0 Å². The van der Waals surface area contributed by atoms with Gasteiger partial charge >= 0.3 is 0 Å². The number of carbonyl (C=O) groups excluding carboxylic acids is 1. The Bertz CT molecular complexity index is 634. The Labute approximate surface area is 131 Å². The van der Waals surface area contributed by atoms with Gasteiger partial charge in [-0.2, -0.15) is 0 Å². The van der Waals surface area contributed by atoms with Crippen LogP contribution in [0.5, 0.6) is 5.75 Å². The van der Waals surface area contributed by atoms with Crippen molar-refractivity contribution in [1.29, 1.82) is 0 Å². The lowest BCUT2D eigenvalue weighted by atomic mass is 10.2. The van der Waals surface area contributed by atoms with Crippen LogP contribution in [0.25, 0.3) is 0 Å². The topological polar surface area (TPSA) is 48.7 Å². The molecule has 1 N–H and O–H groups in total. The fourth-order valence-corrected chi connectivity index (χ4v) is 2.26. The van der Waals surface area contributed by atoms with Crippen LogP contribution in [0.2, 0.25) is 0 Å². The first-order chi connectivity index (χ1) is 10.5. The molecule has 2 aromatic rings. The molecule has 0 aliphatic heterocycles. The van der Waals surface area contributed by atoms with Gasteiger partial charge < -0.3 is 19.5 Å². The molecule has 0 spiro atoms. The molecular weight excluding hydrogens is 278 g/mol. The monoisotopic (exact) mass is 301 g/mol. The largest absolute Gasteiger partial charge is 0.508 e. The second kappa shape index (κ2) is 7.13. The Morgan fingerprint density at radius 1 is 1.23 bits per heavy atom. The Morgan fingerprint density at radius 3 is 2.59 bits per heavy atom. The molecule has 5 heteroatoms. The second-order valence-electron chi connectivity index (χ2n) is 5.77. The predicted molar refractivity (Wildman–Crippen MR) is 86.8 cm³/mol. The first-order valence-corrected chi connectivity index (χ1v) is 7.29. The van der Waals surface area contributed by atoms with Crippen molar-refractivity contribution >= 4 is 5.91 Å². The van der Waals surface area contributed by atoms with E-state index in [2.05, 4.69) is 0 Å². The first-order valence-electron chi connectivity index (χ1n) is 7.29. The number of aromatic hydroxyl groups is 1. The quantitative estimate of drug-likeness (QED) is 0.887. The van der Waals surface area contributed by atoms with Crippen molar-refractivity contribution in [3.05, 3.63) is 53.9 Å². The fourth-order valence-electron chi connectivity index (χ4n) is 2.26. The molecule has 1 aromatic carbocycles. The molecule has 0 fully saturated rings. The molecule has 118 valence electrons. The van der Waals surface area contributed by atoms with Crippen molar-refractivity contribution in [2.45, 2.75) is 6.54 Å². The lowest BCUT2D eigenvalue weighted by Crippen LogP contribution is -2.36. The number of phenolic OH excluding ortho intramolecular Hbond substituents is 1. The third kappa shape index (κ3) is 4.36. The van der Waals surface area contributed by atoms with Gasteiger partial charge in [-0.05, 0) is 37.9 Å². The summed E-state index contributed by atoms with van der Waals surface area (Å²) in [7, 11) is 5.87. The highest BCUT2D eigenvalue weighted by atomic mass is 16.3. The number of rotatable bonds is 6.